The molecule has 1 aliphatic heterocycles. The summed E-state index contributed by atoms with van der Waals surface area (Å²) in [4.78, 5) is 2.36. The van der Waals surface area contributed by atoms with E-state index in [1.807, 2.05) is 7.05 Å². The van der Waals surface area contributed by atoms with Crippen LogP contribution < -0.4 is 5.73 Å². The van der Waals surface area contributed by atoms with E-state index < -0.39 is 10.0 Å². The van der Waals surface area contributed by atoms with Crippen molar-refractivity contribution in [2.24, 2.45) is 0 Å². The molecule has 0 saturated carbocycles. The van der Waals surface area contributed by atoms with Gasteiger partial charge in [-0.3, -0.25) is 0 Å². The van der Waals surface area contributed by atoms with E-state index in [1.54, 1.807) is 24.3 Å². The maximum absolute atomic E-state index is 12.5. The zero-order chi connectivity index (χ0) is 13.2. The minimum absolute atomic E-state index is 0.217. The molecule has 100 valence electrons. The second kappa shape index (κ2) is 5.26. The molecule has 0 aromatic heterocycles. The molecular weight excluding hydrogens is 250 g/mol. The van der Waals surface area contributed by atoms with Gasteiger partial charge in [0.1, 0.15) is 4.90 Å². The predicted molar refractivity (Wildman–Crippen MR) is 71.7 cm³/mol. The van der Waals surface area contributed by atoms with Crippen molar-refractivity contribution in [3.8, 4) is 0 Å². The highest BCUT2D eigenvalue weighted by atomic mass is 32.2. The maximum atomic E-state index is 12.5. The molecule has 5 nitrogen and oxygen atoms in total. The summed E-state index contributed by atoms with van der Waals surface area (Å²) in [5.41, 5.74) is 6.08. The highest BCUT2D eigenvalue weighted by Gasteiger charge is 2.27. The Morgan fingerprint density at radius 1 is 1.11 bits per heavy atom. The van der Waals surface area contributed by atoms with Crippen molar-refractivity contribution in [1.82, 2.24) is 9.21 Å². The number of anilines is 1. The van der Waals surface area contributed by atoms with Crippen molar-refractivity contribution in [3.63, 3.8) is 0 Å². The van der Waals surface area contributed by atoms with Crippen molar-refractivity contribution in [2.75, 3.05) is 39.0 Å². The summed E-state index contributed by atoms with van der Waals surface area (Å²) in [6, 6.07) is 6.63. The Labute approximate surface area is 108 Å². The van der Waals surface area contributed by atoms with Crippen LogP contribution in [0.1, 0.15) is 6.42 Å². The number of rotatable bonds is 2. The summed E-state index contributed by atoms with van der Waals surface area (Å²) in [6.45, 7) is 2.76. The molecule has 2 N–H and O–H groups in total. The summed E-state index contributed by atoms with van der Waals surface area (Å²) in [6.07, 6.45) is 0.850. The SMILES string of the molecule is CN1CCCN(S(=O)(=O)c2ccccc2N)CC1. The number of nitrogens with two attached hydrogens (primary N) is 1. The van der Waals surface area contributed by atoms with Gasteiger partial charge in [0.05, 0.1) is 5.69 Å². The Hall–Kier alpha value is -1.11. The molecule has 1 saturated heterocycles. The van der Waals surface area contributed by atoms with Gasteiger partial charge in [0.15, 0.2) is 0 Å². The first-order valence-corrected chi connectivity index (χ1v) is 7.49. The molecule has 1 aromatic rings. The fourth-order valence-electron chi connectivity index (χ4n) is 2.12. The third-order valence-electron chi connectivity index (χ3n) is 3.22. The number of likely N-dealkylation sites (N-methyl/N-ethyl adjacent to an activating group) is 1. The second-order valence-corrected chi connectivity index (χ2v) is 6.51. The van der Waals surface area contributed by atoms with Crippen LogP contribution in [0.15, 0.2) is 29.2 Å². The van der Waals surface area contributed by atoms with E-state index in [4.69, 9.17) is 5.73 Å². The first kappa shape index (κ1) is 13.3. The van der Waals surface area contributed by atoms with Gasteiger partial charge in [-0.2, -0.15) is 4.31 Å². The molecule has 0 aliphatic carbocycles. The van der Waals surface area contributed by atoms with Crippen LogP contribution in [0.5, 0.6) is 0 Å². The molecule has 0 bridgehead atoms. The fourth-order valence-corrected chi connectivity index (χ4v) is 3.70. The minimum Gasteiger partial charge on any atom is -0.398 e. The summed E-state index contributed by atoms with van der Waals surface area (Å²) in [5.74, 6) is 0. The van der Waals surface area contributed by atoms with Crippen LogP contribution in [-0.4, -0.2) is 50.8 Å². The molecule has 2 rings (SSSR count). The molecule has 1 aliphatic rings. The Bertz CT molecular complexity index is 516. The van der Waals surface area contributed by atoms with E-state index >= 15 is 0 Å². The van der Waals surface area contributed by atoms with Crippen LogP contribution in [0.4, 0.5) is 5.69 Å². The van der Waals surface area contributed by atoms with Crippen LogP contribution in [0.2, 0.25) is 0 Å². The van der Waals surface area contributed by atoms with Gasteiger partial charge in [-0.1, -0.05) is 12.1 Å². The van der Waals surface area contributed by atoms with E-state index in [1.165, 1.54) is 4.31 Å². The van der Waals surface area contributed by atoms with Crippen molar-refractivity contribution in [3.05, 3.63) is 24.3 Å². The van der Waals surface area contributed by atoms with Crippen LogP contribution in [-0.2, 0) is 10.0 Å². The molecule has 0 radical (unpaired) electrons. The standard InChI is InChI=1S/C12H19N3O2S/c1-14-7-4-8-15(10-9-14)18(16,17)12-6-3-2-5-11(12)13/h2-3,5-6H,4,7-10,13H2,1H3. The monoisotopic (exact) mass is 269 g/mol. The number of hydrogen-bond acceptors (Lipinski definition) is 4. The minimum atomic E-state index is -3.46. The lowest BCUT2D eigenvalue weighted by Gasteiger charge is -2.20. The zero-order valence-corrected chi connectivity index (χ0v) is 11.4. The first-order valence-electron chi connectivity index (χ1n) is 6.05. The van der Waals surface area contributed by atoms with Crippen LogP contribution in [0.25, 0.3) is 0 Å². The molecule has 1 aromatic carbocycles. The molecule has 0 spiro atoms. The highest BCUT2D eigenvalue weighted by molar-refractivity contribution is 7.89. The molecule has 6 heteroatoms. The first-order chi connectivity index (χ1) is 8.51. The van der Waals surface area contributed by atoms with Gasteiger partial charge in [-0.15, -0.1) is 0 Å². The number of nitrogen functional groups attached to an aromatic ring is 1. The summed E-state index contributed by atoms with van der Waals surface area (Å²) in [5, 5.41) is 0. The number of para-hydroxylation sites is 1. The average molecular weight is 269 g/mol. The zero-order valence-electron chi connectivity index (χ0n) is 10.5. The van der Waals surface area contributed by atoms with Crippen molar-refractivity contribution >= 4 is 15.7 Å². The predicted octanol–water partition coefficient (Wildman–Crippen LogP) is 0.595. The van der Waals surface area contributed by atoms with E-state index in [0.717, 1.165) is 19.5 Å². The molecule has 0 unspecified atom stereocenters. The van der Waals surface area contributed by atoms with Gasteiger partial charge < -0.3 is 10.6 Å². The smallest absolute Gasteiger partial charge is 0.245 e. The third-order valence-corrected chi connectivity index (χ3v) is 5.19. The fraction of sp³-hybridized carbons (Fsp3) is 0.500. The van der Waals surface area contributed by atoms with Gasteiger partial charge in [-0.25, -0.2) is 8.42 Å². The van der Waals surface area contributed by atoms with Gasteiger partial charge in [0.2, 0.25) is 10.0 Å². The topological polar surface area (TPSA) is 66.6 Å². The molecule has 0 atom stereocenters. The number of hydrogen-bond donors (Lipinski definition) is 1. The van der Waals surface area contributed by atoms with E-state index in [0.29, 0.717) is 18.8 Å². The lowest BCUT2D eigenvalue weighted by Crippen LogP contribution is -2.34. The van der Waals surface area contributed by atoms with Gasteiger partial charge in [0, 0.05) is 19.6 Å². The van der Waals surface area contributed by atoms with E-state index in [9.17, 15) is 8.42 Å². The van der Waals surface area contributed by atoms with Gasteiger partial charge in [0.25, 0.3) is 0 Å². The van der Waals surface area contributed by atoms with Crippen LogP contribution >= 0.6 is 0 Å². The quantitative estimate of drug-likeness (QED) is 0.798. The molecular formula is C12H19N3O2S. The summed E-state index contributed by atoms with van der Waals surface area (Å²) in [7, 11) is -1.45. The normalized spacial score (nSPS) is 19.6. The number of nitrogens with zero attached hydrogens (tertiary/aromatic N) is 2. The molecule has 1 heterocycles. The average Bonchev–Trinajstić information content (AvgIpc) is 2.54. The lowest BCUT2D eigenvalue weighted by atomic mass is 10.3. The summed E-state index contributed by atoms with van der Waals surface area (Å²) >= 11 is 0. The van der Waals surface area contributed by atoms with E-state index in [-0.39, 0.29) is 4.90 Å². The molecule has 1 fully saturated rings. The van der Waals surface area contributed by atoms with Gasteiger partial charge >= 0.3 is 0 Å². The maximum Gasteiger partial charge on any atom is 0.245 e. The Morgan fingerprint density at radius 3 is 2.56 bits per heavy atom. The van der Waals surface area contributed by atoms with Crippen molar-refractivity contribution in [1.29, 1.82) is 0 Å². The Balaban J connectivity index is 2.28. The Kier molecular flexibility index (Phi) is 3.89. The van der Waals surface area contributed by atoms with Gasteiger partial charge in [-0.05, 0) is 32.1 Å². The molecule has 18 heavy (non-hydrogen) atoms. The molecule has 0 amide bonds. The largest absolute Gasteiger partial charge is 0.398 e. The third kappa shape index (κ3) is 2.66. The van der Waals surface area contributed by atoms with Crippen molar-refractivity contribution in [2.45, 2.75) is 11.3 Å². The number of sulfonamides is 1. The number of benzene rings is 1. The van der Waals surface area contributed by atoms with Crippen LogP contribution in [0, 0.1) is 0 Å². The van der Waals surface area contributed by atoms with Crippen LogP contribution in [0.3, 0.4) is 0 Å². The second-order valence-electron chi connectivity index (χ2n) is 4.60. The summed E-state index contributed by atoms with van der Waals surface area (Å²) < 4.78 is 26.5. The highest BCUT2D eigenvalue weighted by Crippen LogP contribution is 2.22. The lowest BCUT2D eigenvalue weighted by molar-refractivity contribution is 0.347. The van der Waals surface area contributed by atoms with Crippen molar-refractivity contribution < 1.29 is 8.42 Å². The van der Waals surface area contributed by atoms with E-state index in [2.05, 4.69) is 4.90 Å². The Morgan fingerprint density at radius 2 is 1.83 bits per heavy atom.